The smallest absolute Gasteiger partial charge is 0.104 e. The number of nitrogens with two attached hydrogens (primary N) is 1. The van der Waals surface area contributed by atoms with Crippen LogP contribution in [0.15, 0.2) is 36.4 Å². The number of hydrogen-bond donors (Lipinski definition) is 2. The van der Waals surface area contributed by atoms with Gasteiger partial charge in [0.25, 0.3) is 0 Å². The molecule has 18 heavy (non-hydrogen) atoms. The molecule has 0 saturated carbocycles. The van der Waals surface area contributed by atoms with Crippen molar-refractivity contribution in [3.05, 3.63) is 42.0 Å². The van der Waals surface area contributed by atoms with E-state index in [2.05, 4.69) is 29.8 Å². The lowest BCUT2D eigenvalue weighted by Crippen LogP contribution is -2.11. The Kier molecular flexibility index (Phi) is 4.44. The predicted octanol–water partition coefficient (Wildman–Crippen LogP) is 3.25. The first-order valence-electron chi connectivity index (χ1n) is 5.78. The van der Waals surface area contributed by atoms with E-state index in [1.165, 1.54) is 5.39 Å². The summed E-state index contributed by atoms with van der Waals surface area (Å²) in [5.74, 6) is 1.09. The van der Waals surface area contributed by atoms with Crippen molar-refractivity contribution in [2.75, 3.05) is 23.9 Å². The highest BCUT2D eigenvalue weighted by Gasteiger charge is 2.06. The Morgan fingerprint density at radius 3 is 2.61 bits per heavy atom. The Balaban J connectivity index is 2.44. The lowest BCUT2D eigenvalue weighted by Gasteiger charge is -2.12. The van der Waals surface area contributed by atoms with Gasteiger partial charge in [0.1, 0.15) is 4.99 Å². The molecule has 2 aromatic rings. The third-order valence-electron chi connectivity index (χ3n) is 2.81. The number of fused-ring (bicyclic) bond motifs is 1. The number of hydrogen-bond acceptors (Lipinski definition) is 3. The normalized spacial score (nSPS) is 10.5. The Bertz CT molecular complexity index is 567. The molecular weight excluding hydrogens is 260 g/mol. The van der Waals surface area contributed by atoms with Gasteiger partial charge in [-0.2, -0.15) is 11.8 Å². The van der Waals surface area contributed by atoms with E-state index in [1.54, 1.807) is 0 Å². The standard InChI is InChI=1S/C14H16N2S2/c1-18-9-8-16-13-7-6-12(14(15)17)10-4-2-3-5-11(10)13/h2-7,16H,8-9H2,1H3,(H2,15,17). The van der Waals surface area contributed by atoms with Crippen LogP contribution in [0.25, 0.3) is 10.8 Å². The van der Waals surface area contributed by atoms with Crippen LogP contribution in [0.4, 0.5) is 5.69 Å². The maximum absolute atomic E-state index is 5.76. The number of anilines is 1. The Hall–Kier alpha value is -1.26. The monoisotopic (exact) mass is 276 g/mol. The van der Waals surface area contributed by atoms with E-state index in [9.17, 15) is 0 Å². The van der Waals surface area contributed by atoms with Crippen molar-refractivity contribution >= 4 is 45.4 Å². The second-order valence-corrected chi connectivity index (χ2v) is 5.42. The molecule has 0 aliphatic rings. The average Bonchev–Trinajstić information content (AvgIpc) is 2.38. The van der Waals surface area contributed by atoms with Gasteiger partial charge in [-0.15, -0.1) is 0 Å². The van der Waals surface area contributed by atoms with Crippen LogP contribution >= 0.6 is 24.0 Å². The zero-order valence-electron chi connectivity index (χ0n) is 10.3. The van der Waals surface area contributed by atoms with Gasteiger partial charge >= 0.3 is 0 Å². The zero-order valence-corrected chi connectivity index (χ0v) is 11.9. The van der Waals surface area contributed by atoms with Crippen molar-refractivity contribution in [1.29, 1.82) is 0 Å². The summed E-state index contributed by atoms with van der Waals surface area (Å²) in [4.78, 5) is 0.446. The van der Waals surface area contributed by atoms with Crippen molar-refractivity contribution < 1.29 is 0 Å². The Labute approximate surface area is 117 Å². The average molecular weight is 276 g/mol. The first-order chi connectivity index (χ1) is 8.74. The molecule has 3 N–H and O–H groups in total. The minimum absolute atomic E-state index is 0.446. The zero-order chi connectivity index (χ0) is 13.0. The summed E-state index contributed by atoms with van der Waals surface area (Å²) in [6.07, 6.45) is 2.11. The third-order valence-corrected chi connectivity index (χ3v) is 3.64. The second-order valence-electron chi connectivity index (χ2n) is 3.99. The van der Waals surface area contributed by atoms with E-state index in [1.807, 2.05) is 30.0 Å². The molecule has 0 spiro atoms. The quantitative estimate of drug-likeness (QED) is 0.649. The third kappa shape index (κ3) is 2.76. The molecule has 0 saturated heterocycles. The highest BCUT2D eigenvalue weighted by Crippen LogP contribution is 2.26. The predicted molar refractivity (Wildman–Crippen MR) is 86.7 cm³/mol. The molecule has 2 rings (SSSR count). The van der Waals surface area contributed by atoms with E-state index in [0.717, 1.165) is 28.9 Å². The van der Waals surface area contributed by atoms with Gasteiger partial charge in [-0.25, -0.2) is 0 Å². The molecule has 0 atom stereocenters. The number of thiocarbonyl (C=S) groups is 1. The molecule has 0 amide bonds. The number of thioether (sulfide) groups is 1. The fourth-order valence-corrected chi connectivity index (χ4v) is 2.44. The Morgan fingerprint density at radius 2 is 1.94 bits per heavy atom. The van der Waals surface area contributed by atoms with Gasteiger partial charge in [-0.3, -0.25) is 0 Å². The molecule has 4 heteroatoms. The van der Waals surface area contributed by atoms with E-state index in [0.29, 0.717) is 4.99 Å². The van der Waals surface area contributed by atoms with Crippen LogP contribution in [0.1, 0.15) is 5.56 Å². The summed E-state index contributed by atoms with van der Waals surface area (Å²) in [5.41, 5.74) is 7.84. The summed E-state index contributed by atoms with van der Waals surface area (Å²) in [5, 5.41) is 5.73. The highest BCUT2D eigenvalue weighted by atomic mass is 32.2. The molecule has 0 aliphatic carbocycles. The number of benzene rings is 2. The lowest BCUT2D eigenvalue weighted by molar-refractivity contribution is 1.24. The molecule has 0 unspecified atom stereocenters. The van der Waals surface area contributed by atoms with E-state index in [4.69, 9.17) is 18.0 Å². The molecule has 0 bridgehead atoms. The van der Waals surface area contributed by atoms with Gasteiger partial charge in [0, 0.05) is 28.9 Å². The van der Waals surface area contributed by atoms with Gasteiger partial charge in [0.2, 0.25) is 0 Å². The fourth-order valence-electron chi connectivity index (χ4n) is 1.96. The van der Waals surface area contributed by atoms with Crippen LogP contribution in [-0.4, -0.2) is 23.5 Å². The van der Waals surface area contributed by atoms with Crippen molar-refractivity contribution in [2.45, 2.75) is 0 Å². The molecule has 2 nitrogen and oxygen atoms in total. The molecule has 0 aromatic heterocycles. The molecule has 0 radical (unpaired) electrons. The minimum atomic E-state index is 0.446. The molecule has 0 heterocycles. The van der Waals surface area contributed by atoms with Gasteiger partial charge in [0.05, 0.1) is 0 Å². The van der Waals surface area contributed by atoms with Crippen molar-refractivity contribution in [1.82, 2.24) is 0 Å². The summed E-state index contributed by atoms with van der Waals surface area (Å²) in [6.45, 7) is 0.956. The first-order valence-corrected chi connectivity index (χ1v) is 7.58. The van der Waals surface area contributed by atoms with Crippen molar-refractivity contribution in [2.24, 2.45) is 5.73 Å². The van der Waals surface area contributed by atoms with Crippen LogP contribution in [-0.2, 0) is 0 Å². The molecule has 94 valence electrons. The van der Waals surface area contributed by atoms with Gasteiger partial charge in [-0.1, -0.05) is 36.5 Å². The van der Waals surface area contributed by atoms with Crippen LogP contribution < -0.4 is 11.1 Å². The van der Waals surface area contributed by atoms with E-state index in [-0.39, 0.29) is 0 Å². The second kappa shape index (κ2) is 6.07. The minimum Gasteiger partial charge on any atom is -0.389 e. The fraction of sp³-hybridized carbons (Fsp3) is 0.214. The van der Waals surface area contributed by atoms with Crippen LogP contribution in [0.2, 0.25) is 0 Å². The van der Waals surface area contributed by atoms with Gasteiger partial charge in [0.15, 0.2) is 0 Å². The number of nitrogens with one attached hydrogen (secondary N) is 1. The number of rotatable bonds is 5. The highest BCUT2D eigenvalue weighted by molar-refractivity contribution is 7.98. The summed E-state index contributed by atoms with van der Waals surface area (Å²) in [7, 11) is 0. The van der Waals surface area contributed by atoms with Crippen molar-refractivity contribution in [3.8, 4) is 0 Å². The Morgan fingerprint density at radius 1 is 1.22 bits per heavy atom. The van der Waals surface area contributed by atoms with Crippen molar-refractivity contribution in [3.63, 3.8) is 0 Å². The van der Waals surface area contributed by atoms with Crippen LogP contribution in [0.3, 0.4) is 0 Å². The summed E-state index contributed by atoms with van der Waals surface area (Å²) in [6, 6.07) is 12.2. The van der Waals surface area contributed by atoms with E-state index >= 15 is 0 Å². The summed E-state index contributed by atoms with van der Waals surface area (Å²) < 4.78 is 0. The largest absolute Gasteiger partial charge is 0.389 e. The topological polar surface area (TPSA) is 38.0 Å². The molecule has 0 fully saturated rings. The lowest BCUT2D eigenvalue weighted by atomic mass is 10.0. The maximum atomic E-state index is 5.76. The molecule has 0 aliphatic heterocycles. The van der Waals surface area contributed by atoms with E-state index < -0.39 is 0 Å². The molecule has 2 aromatic carbocycles. The first kappa shape index (κ1) is 13.2. The maximum Gasteiger partial charge on any atom is 0.104 e. The van der Waals surface area contributed by atoms with Gasteiger partial charge in [-0.05, 0) is 23.8 Å². The van der Waals surface area contributed by atoms with Gasteiger partial charge < -0.3 is 11.1 Å². The van der Waals surface area contributed by atoms with Crippen LogP contribution in [0.5, 0.6) is 0 Å². The SMILES string of the molecule is CSCCNc1ccc(C(N)=S)c2ccccc12. The molecular formula is C14H16N2S2. The van der Waals surface area contributed by atoms with Crippen LogP contribution in [0, 0.1) is 0 Å². The summed E-state index contributed by atoms with van der Waals surface area (Å²) >= 11 is 6.92.